The molecule has 5 rings (SSSR count). The van der Waals surface area contributed by atoms with Crippen molar-refractivity contribution in [2.24, 2.45) is 23.2 Å². The topological polar surface area (TPSA) is 46.2 Å². The van der Waals surface area contributed by atoms with Gasteiger partial charge in [0.15, 0.2) is 0 Å². The van der Waals surface area contributed by atoms with Gasteiger partial charge in [-0.1, -0.05) is 0 Å². The zero-order valence-corrected chi connectivity index (χ0v) is 14.6. The van der Waals surface area contributed by atoms with Crippen molar-refractivity contribution in [3.8, 4) is 0 Å². The van der Waals surface area contributed by atoms with Crippen LogP contribution in [0.4, 0.5) is 8.78 Å². The van der Waals surface area contributed by atoms with Gasteiger partial charge < -0.3 is 0 Å². The van der Waals surface area contributed by atoms with Crippen molar-refractivity contribution >= 4 is 10.0 Å². The van der Waals surface area contributed by atoms with Crippen molar-refractivity contribution in [3.05, 3.63) is 29.8 Å². The third-order valence-electron chi connectivity index (χ3n) is 6.52. The molecule has 0 radical (unpaired) electrons. The molecule has 0 amide bonds. The fourth-order valence-corrected chi connectivity index (χ4v) is 7.25. The van der Waals surface area contributed by atoms with E-state index in [1.165, 1.54) is 19.3 Å². The summed E-state index contributed by atoms with van der Waals surface area (Å²) in [6.45, 7) is 1.89. The zero-order valence-electron chi connectivity index (χ0n) is 13.8. The van der Waals surface area contributed by atoms with Crippen LogP contribution in [0, 0.1) is 34.8 Å². The maximum atomic E-state index is 13.9. The first kappa shape index (κ1) is 16.5. The van der Waals surface area contributed by atoms with Crippen LogP contribution in [0.3, 0.4) is 0 Å². The molecule has 4 aliphatic rings. The second-order valence-electron chi connectivity index (χ2n) is 8.20. The van der Waals surface area contributed by atoms with Gasteiger partial charge in [0, 0.05) is 6.04 Å². The fourth-order valence-electron chi connectivity index (χ4n) is 5.81. The Labute approximate surface area is 141 Å². The van der Waals surface area contributed by atoms with Crippen LogP contribution in [0.5, 0.6) is 0 Å². The van der Waals surface area contributed by atoms with Crippen molar-refractivity contribution in [2.45, 2.75) is 56.4 Å². The summed E-state index contributed by atoms with van der Waals surface area (Å²) in [5.41, 5.74) is -0.0222. The lowest BCUT2D eigenvalue weighted by atomic mass is 9.48. The van der Waals surface area contributed by atoms with Crippen LogP contribution in [-0.2, 0) is 10.0 Å². The molecule has 0 saturated heterocycles. The molecule has 132 valence electrons. The number of halogens is 2. The van der Waals surface area contributed by atoms with E-state index in [-0.39, 0.29) is 11.5 Å². The monoisotopic (exact) mass is 355 g/mol. The maximum absolute atomic E-state index is 13.9. The molecule has 1 atom stereocenters. The number of hydrogen-bond acceptors (Lipinski definition) is 2. The minimum atomic E-state index is -4.07. The third kappa shape index (κ3) is 2.68. The standard InChI is InChI=1S/C18H23F2NO2S/c1-11(18-8-12-4-13(9-18)6-14(5-12)10-18)21-24(22,23)17-7-15(19)2-3-16(17)20/h2-3,7,11-14,21H,4-6,8-10H2,1H3. The highest BCUT2D eigenvalue weighted by molar-refractivity contribution is 7.89. The minimum absolute atomic E-state index is 0.0222. The first-order valence-corrected chi connectivity index (χ1v) is 10.2. The van der Waals surface area contributed by atoms with Gasteiger partial charge >= 0.3 is 0 Å². The highest BCUT2D eigenvalue weighted by atomic mass is 32.2. The number of hydrogen-bond donors (Lipinski definition) is 1. The molecule has 0 spiro atoms. The number of nitrogens with one attached hydrogen (secondary N) is 1. The average Bonchev–Trinajstić information content (AvgIpc) is 2.48. The summed E-state index contributed by atoms with van der Waals surface area (Å²) in [6, 6.07) is 2.28. The summed E-state index contributed by atoms with van der Waals surface area (Å²) in [5, 5.41) is 0. The summed E-state index contributed by atoms with van der Waals surface area (Å²) in [6.07, 6.45) is 6.97. The van der Waals surface area contributed by atoms with E-state index >= 15 is 0 Å². The Bertz CT molecular complexity index is 727. The molecule has 0 heterocycles. The SMILES string of the molecule is CC(NS(=O)(=O)c1cc(F)ccc1F)C12CC3CC(CC(C3)C1)C2. The van der Waals surface area contributed by atoms with E-state index in [0.717, 1.165) is 37.5 Å². The Morgan fingerprint density at radius 1 is 1.08 bits per heavy atom. The molecule has 1 unspecified atom stereocenters. The van der Waals surface area contributed by atoms with Gasteiger partial charge in [0.05, 0.1) is 0 Å². The first-order valence-electron chi connectivity index (χ1n) is 8.75. The highest BCUT2D eigenvalue weighted by Gasteiger charge is 2.53. The molecule has 4 fully saturated rings. The molecule has 0 aromatic heterocycles. The second kappa shape index (κ2) is 5.49. The lowest BCUT2D eigenvalue weighted by molar-refractivity contribution is -0.0666. The van der Waals surface area contributed by atoms with Crippen LogP contribution in [0.25, 0.3) is 0 Å². The van der Waals surface area contributed by atoms with Crippen molar-refractivity contribution in [1.82, 2.24) is 4.72 Å². The predicted octanol–water partition coefficient (Wildman–Crippen LogP) is 3.85. The smallest absolute Gasteiger partial charge is 0.208 e. The van der Waals surface area contributed by atoms with Gasteiger partial charge in [0.25, 0.3) is 0 Å². The van der Waals surface area contributed by atoms with Crippen molar-refractivity contribution < 1.29 is 17.2 Å². The Morgan fingerprint density at radius 3 is 2.17 bits per heavy atom. The van der Waals surface area contributed by atoms with Crippen molar-refractivity contribution in [3.63, 3.8) is 0 Å². The molecule has 6 heteroatoms. The Balaban J connectivity index is 1.59. The first-order chi connectivity index (χ1) is 11.3. The van der Waals surface area contributed by atoms with Gasteiger partial charge in [-0.3, -0.25) is 0 Å². The Kier molecular flexibility index (Phi) is 3.77. The van der Waals surface area contributed by atoms with E-state index in [1.54, 1.807) is 0 Å². The normalized spacial score (nSPS) is 36.0. The summed E-state index contributed by atoms with van der Waals surface area (Å²) in [7, 11) is -4.07. The average molecular weight is 355 g/mol. The van der Waals surface area contributed by atoms with Gasteiger partial charge in [-0.25, -0.2) is 21.9 Å². The number of benzene rings is 1. The Hall–Kier alpha value is -1.01. The fraction of sp³-hybridized carbons (Fsp3) is 0.667. The molecular weight excluding hydrogens is 332 g/mol. The van der Waals surface area contributed by atoms with E-state index in [1.807, 2.05) is 6.92 Å². The minimum Gasteiger partial charge on any atom is -0.208 e. The molecule has 4 saturated carbocycles. The van der Waals surface area contributed by atoms with E-state index in [4.69, 9.17) is 0 Å². The van der Waals surface area contributed by atoms with Crippen LogP contribution < -0.4 is 4.72 Å². The van der Waals surface area contributed by atoms with Gasteiger partial charge in [0.2, 0.25) is 10.0 Å². The van der Waals surface area contributed by atoms with E-state index in [2.05, 4.69) is 4.72 Å². The van der Waals surface area contributed by atoms with Gasteiger partial charge in [-0.15, -0.1) is 0 Å². The van der Waals surface area contributed by atoms with Crippen LogP contribution in [-0.4, -0.2) is 14.5 Å². The number of sulfonamides is 1. The third-order valence-corrected chi connectivity index (χ3v) is 8.07. The zero-order chi connectivity index (χ0) is 17.1. The van der Waals surface area contributed by atoms with Crippen molar-refractivity contribution in [1.29, 1.82) is 0 Å². The molecule has 1 aromatic carbocycles. The molecule has 1 N–H and O–H groups in total. The largest absolute Gasteiger partial charge is 0.243 e. The van der Waals surface area contributed by atoms with E-state index < -0.39 is 26.6 Å². The van der Waals surface area contributed by atoms with Crippen LogP contribution in [0.15, 0.2) is 23.1 Å². The summed E-state index contributed by atoms with van der Waals surface area (Å²) < 4.78 is 55.1. The van der Waals surface area contributed by atoms with Gasteiger partial charge in [-0.05, 0) is 86.8 Å². The van der Waals surface area contributed by atoms with E-state index in [9.17, 15) is 17.2 Å². The van der Waals surface area contributed by atoms with Crippen LogP contribution >= 0.6 is 0 Å². The molecule has 0 aliphatic heterocycles. The van der Waals surface area contributed by atoms with Gasteiger partial charge in [-0.2, -0.15) is 0 Å². The molecule has 3 nitrogen and oxygen atoms in total. The summed E-state index contributed by atoms with van der Waals surface area (Å²) in [4.78, 5) is -0.598. The molecule has 1 aromatic rings. The second-order valence-corrected chi connectivity index (χ2v) is 9.88. The Morgan fingerprint density at radius 2 is 1.62 bits per heavy atom. The molecule has 4 aliphatic carbocycles. The van der Waals surface area contributed by atoms with Crippen LogP contribution in [0.1, 0.15) is 45.4 Å². The van der Waals surface area contributed by atoms with E-state index in [0.29, 0.717) is 17.8 Å². The lowest BCUT2D eigenvalue weighted by Gasteiger charge is -2.59. The summed E-state index contributed by atoms with van der Waals surface area (Å²) in [5.74, 6) is 0.443. The molecule has 4 bridgehead atoms. The predicted molar refractivity (Wildman–Crippen MR) is 86.7 cm³/mol. The molecule has 24 heavy (non-hydrogen) atoms. The lowest BCUT2D eigenvalue weighted by Crippen LogP contribution is -2.55. The number of rotatable bonds is 4. The quantitative estimate of drug-likeness (QED) is 0.892. The van der Waals surface area contributed by atoms with Crippen LogP contribution in [0.2, 0.25) is 0 Å². The summed E-state index contributed by atoms with van der Waals surface area (Å²) >= 11 is 0. The highest BCUT2D eigenvalue weighted by Crippen LogP contribution is 2.61. The van der Waals surface area contributed by atoms with Gasteiger partial charge in [0.1, 0.15) is 16.5 Å². The molecular formula is C18H23F2NO2S. The maximum Gasteiger partial charge on any atom is 0.243 e. The van der Waals surface area contributed by atoms with Crippen molar-refractivity contribution in [2.75, 3.05) is 0 Å².